The van der Waals surface area contributed by atoms with Gasteiger partial charge in [0, 0.05) is 0 Å². The van der Waals surface area contributed by atoms with Gasteiger partial charge in [-0.1, -0.05) is 37.3 Å². The van der Waals surface area contributed by atoms with E-state index in [4.69, 9.17) is 9.47 Å². The van der Waals surface area contributed by atoms with Crippen molar-refractivity contribution >= 4 is 32.6 Å². The first-order valence-corrected chi connectivity index (χ1v) is 7.62. The molecule has 3 rings (SSSR count). The molecule has 0 radical (unpaired) electrons. The number of hydrogen-bond acceptors (Lipinski definition) is 5. The molecule has 6 heteroatoms. The van der Waals surface area contributed by atoms with Crippen molar-refractivity contribution in [2.45, 2.75) is 19.8 Å². The van der Waals surface area contributed by atoms with Crippen LogP contribution >= 0.6 is 11.3 Å². The highest BCUT2D eigenvalue weighted by Crippen LogP contribution is 2.31. The Kier molecular flexibility index (Phi) is 3.79. The smallest absolute Gasteiger partial charge is 0.295 e. The summed E-state index contributed by atoms with van der Waals surface area (Å²) in [7, 11) is 0. The first kappa shape index (κ1) is 13.9. The average molecular weight is 304 g/mol. The van der Waals surface area contributed by atoms with E-state index < -0.39 is 0 Å². The first-order chi connectivity index (χ1) is 10.1. The number of benzene rings is 1. The highest BCUT2D eigenvalue weighted by atomic mass is 32.1. The van der Waals surface area contributed by atoms with Crippen LogP contribution in [0.2, 0.25) is 0 Å². The summed E-state index contributed by atoms with van der Waals surface area (Å²) >= 11 is 1.45. The Morgan fingerprint density at radius 3 is 2.95 bits per heavy atom. The molecule has 0 saturated heterocycles. The van der Waals surface area contributed by atoms with E-state index in [1.165, 1.54) is 23.2 Å². The molecule has 0 fully saturated rings. The fourth-order valence-electron chi connectivity index (χ4n) is 2.14. The van der Waals surface area contributed by atoms with E-state index in [1.54, 1.807) is 0 Å². The molecule has 1 aromatic heterocycles. The van der Waals surface area contributed by atoms with Gasteiger partial charge in [-0.3, -0.25) is 10.1 Å². The summed E-state index contributed by atoms with van der Waals surface area (Å²) in [6.07, 6.45) is 1.34. The van der Waals surface area contributed by atoms with Gasteiger partial charge in [-0.15, -0.1) is 0 Å². The molecule has 5 nitrogen and oxygen atoms in total. The molecule has 1 aliphatic rings. The van der Waals surface area contributed by atoms with Crippen molar-refractivity contribution in [2.24, 2.45) is 0 Å². The number of anilines is 1. The summed E-state index contributed by atoms with van der Waals surface area (Å²) in [5, 5.41) is 3.33. The molecule has 2 aromatic rings. The van der Waals surface area contributed by atoms with Crippen LogP contribution < -0.4 is 5.32 Å². The molecule has 0 aliphatic carbocycles. The largest absolute Gasteiger partial charge is 0.494 e. The lowest BCUT2D eigenvalue weighted by atomic mass is 10.0. The number of nitrogens with zero attached hydrogens (tertiary/aromatic N) is 1. The van der Waals surface area contributed by atoms with Gasteiger partial charge in [0.1, 0.15) is 19.5 Å². The summed E-state index contributed by atoms with van der Waals surface area (Å²) in [6, 6.07) is 6.09. The van der Waals surface area contributed by atoms with Gasteiger partial charge in [-0.05, 0) is 17.5 Å². The van der Waals surface area contributed by atoms with Gasteiger partial charge < -0.3 is 9.47 Å². The number of hydrogen-bond donors (Lipinski definition) is 1. The summed E-state index contributed by atoms with van der Waals surface area (Å²) in [5.41, 5.74) is 2.13. The van der Waals surface area contributed by atoms with E-state index in [2.05, 4.69) is 30.2 Å². The van der Waals surface area contributed by atoms with Crippen LogP contribution in [0.15, 0.2) is 30.2 Å². The zero-order valence-electron chi connectivity index (χ0n) is 11.9. The lowest BCUT2D eigenvalue weighted by Crippen LogP contribution is -2.20. The molecular weight excluding hydrogens is 288 g/mol. The predicted molar refractivity (Wildman–Crippen MR) is 82.3 cm³/mol. The molecule has 1 N–H and O–H groups in total. The lowest BCUT2D eigenvalue weighted by molar-refractivity contribution is -0.117. The van der Waals surface area contributed by atoms with E-state index in [1.807, 2.05) is 12.1 Å². The molecular formula is C15H16N2O3S. The van der Waals surface area contributed by atoms with Crippen LogP contribution in [0.5, 0.6) is 0 Å². The number of fused-ring (bicyclic) bond motifs is 1. The lowest BCUT2D eigenvalue weighted by Gasteiger charge is -2.14. The van der Waals surface area contributed by atoms with Crippen LogP contribution in [-0.2, 0) is 14.3 Å². The summed E-state index contributed by atoms with van der Waals surface area (Å²) < 4.78 is 11.4. The monoisotopic (exact) mass is 304 g/mol. The zero-order valence-corrected chi connectivity index (χ0v) is 12.7. The number of nitrogens with one attached hydrogen (secondary N) is 1. The molecule has 110 valence electrons. The maximum Gasteiger partial charge on any atom is 0.295 e. The second-order valence-corrected chi connectivity index (χ2v) is 6.05. The number of para-hydroxylation sites is 1. The minimum Gasteiger partial charge on any atom is -0.494 e. The number of rotatable bonds is 3. The van der Waals surface area contributed by atoms with Crippen LogP contribution in [0.25, 0.3) is 10.2 Å². The Bertz CT molecular complexity index is 706. The summed E-state index contributed by atoms with van der Waals surface area (Å²) in [4.78, 5) is 16.6. The summed E-state index contributed by atoms with van der Waals surface area (Å²) in [6.45, 7) is 5.11. The Morgan fingerprint density at radius 2 is 2.24 bits per heavy atom. The quantitative estimate of drug-likeness (QED) is 0.945. The number of ether oxygens (including phenoxy) is 2. The van der Waals surface area contributed by atoms with Crippen molar-refractivity contribution in [1.82, 2.24) is 4.98 Å². The van der Waals surface area contributed by atoms with E-state index in [9.17, 15) is 4.79 Å². The van der Waals surface area contributed by atoms with E-state index in [-0.39, 0.29) is 11.7 Å². The van der Waals surface area contributed by atoms with E-state index in [0.29, 0.717) is 24.3 Å². The molecule has 1 aromatic carbocycles. The molecule has 1 amide bonds. The molecule has 0 bridgehead atoms. The van der Waals surface area contributed by atoms with Crippen molar-refractivity contribution < 1.29 is 14.3 Å². The van der Waals surface area contributed by atoms with Crippen molar-refractivity contribution in [1.29, 1.82) is 0 Å². The van der Waals surface area contributed by atoms with Crippen LogP contribution in [0.1, 0.15) is 25.3 Å². The maximum absolute atomic E-state index is 12.0. The van der Waals surface area contributed by atoms with Crippen molar-refractivity contribution in [3.63, 3.8) is 0 Å². The van der Waals surface area contributed by atoms with Crippen molar-refractivity contribution in [3.8, 4) is 0 Å². The Hall–Kier alpha value is -2.08. The van der Waals surface area contributed by atoms with Crippen molar-refractivity contribution in [3.05, 3.63) is 35.8 Å². The van der Waals surface area contributed by atoms with Crippen LogP contribution in [0.3, 0.4) is 0 Å². The summed E-state index contributed by atoms with van der Waals surface area (Å²) in [5.74, 6) is 0.238. The second-order valence-electron chi connectivity index (χ2n) is 5.02. The molecule has 0 atom stereocenters. The minimum atomic E-state index is -0.333. The van der Waals surface area contributed by atoms with Gasteiger partial charge in [0.15, 0.2) is 5.13 Å². The highest BCUT2D eigenvalue weighted by Gasteiger charge is 2.17. The van der Waals surface area contributed by atoms with E-state index >= 15 is 0 Å². The molecule has 1 aliphatic heterocycles. The number of thiazole rings is 1. The van der Waals surface area contributed by atoms with Gasteiger partial charge in [0.25, 0.3) is 5.91 Å². The molecule has 2 heterocycles. The third-order valence-electron chi connectivity index (χ3n) is 3.17. The van der Waals surface area contributed by atoms with Crippen LogP contribution in [-0.4, -0.2) is 24.1 Å². The maximum atomic E-state index is 12.0. The molecule has 21 heavy (non-hydrogen) atoms. The Balaban J connectivity index is 1.86. The highest BCUT2D eigenvalue weighted by molar-refractivity contribution is 7.22. The minimum absolute atomic E-state index is 0.185. The molecule has 0 unspecified atom stereocenters. The molecule has 0 spiro atoms. The number of amides is 1. The first-order valence-electron chi connectivity index (χ1n) is 6.80. The Morgan fingerprint density at radius 1 is 1.38 bits per heavy atom. The fraction of sp³-hybridized carbons (Fsp3) is 0.333. The van der Waals surface area contributed by atoms with Gasteiger partial charge >= 0.3 is 0 Å². The predicted octanol–water partition coefficient (Wildman–Crippen LogP) is 3.25. The SMILES string of the molecule is CC(C)c1cccc2sc(NC(=O)C3=COCCO3)nc12. The number of aromatic nitrogens is 1. The van der Waals surface area contributed by atoms with Gasteiger partial charge in [0.05, 0.1) is 10.2 Å². The van der Waals surface area contributed by atoms with Gasteiger partial charge in [-0.2, -0.15) is 0 Å². The van der Waals surface area contributed by atoms with Gasteiger partial charge in [-0.25, -0.2) is 4.98 Å². The Labute approximate surface area is 126 Å². The normalized spacial score (nSPS) is 14.5. The third-order valence-corrected chi connectivity index (χ3v) is 4.10. The van der Waals surface area contributed by atoms with E-state index in [0.717, 1.165) is 10.2 Å². The number of carbonyl (C=O) groups is 1. The fourth-order valence-corrected chi connectivity index (χ4v) is 3.03. The van der Waals surface area contributed by atoms with Crippen LogP contribution in [0, 0.1) is 0 Å². The van der Waals surface area contributed by atoms with Crippen molar-refractivity contribution in [2.75, 3.05) is 18.5 Å². The standard InChI is InChI=1S/C15H16N2O3S/c1-9(2)10-4-3-5-12-13(10)16-15(21-12)17-14(18)11-8-19-6-7-20-11/h3-5,8-9H,6-7H2,1-2H3,(H,16,17,18). The zero-order chi connectivity index (χ0) is 14.8. The second kappa shape index (κ2) is 5.73. The van der Waals surface area contributed by atoms with Gasteiger partial charge in [0.2, 0.25) is 5.76 Å². The molecule has 0 saturated carbocycles. The third kappa shape index (κ3) is 2.85. The topological polar surface area (TPSA) is 60.5 Å². The average Bonchev–Trinajstić information content (AvgIpc) is 2.89. The van der Waals surface area contributed by atoms with Crippen LogP contribution in [0.4, 0.5) is 5.13 Å². The number of carbonyl (C=O) groups excluding carboxylic acids is 1.